The van der Waals surface area contributed by atoms with Gasteiger partial charge in [-0.1, -0.05) is 12.1 Å². The van der Waals surface area contributed by atoms with E-state index in [1.54, 1.807) is 37.3 Å². The van der Waals surface area contributed by atoms with Crippen molar-refractivity contribution in [2.24, 2.45) is 5.92 Å². The molecule has 0 bridgehead atoms. The van der Waals surface area contributed by atoms with Crippen LogP contribution in [0.4, 0.5) is 46.4 Å². The fourth-order valence-electron chi connectivity index (χ4n) is 5.51. The topological polar surface area (TPSA) is 112 Å². The summed E-state index contributed by atoms with van der Waals surface area (Å²) in [6, 6.07) is 9.16. The van der Waals surface area contributed by atoms with E-state index < -0.39 is 36.2 Å². The van der Waals surface area contributed by atoms with Gasteiger partial charge in [0.2, 0.25) is 11.9 Å². The van der Waals surface area contributed by atoms with E-state index in [2.05, 4.69) is 30.8 Å². The van der Waals surface area contributed by atoms with Crippen LogP contribution in [-0.2, 0) is 11.0 Å². The zero-order chi connectivity index (χ0) is 31.6. The molecule has 5 rings (SSSR count). The van der Waals surface area contributed by atoms with Crippen molar-refractivity contribution >= 4 is 40.6 Å². The number of ether oxygens (including phenoxy) is 1. The van der Waals surface area contributed by atoms with E-state index in [0.29, 0.717) is 28.9 Å². The van der Waals surface area contributed by atoms with Crippen molar-refractivity contribution in [2.75, 3.05) is 56.4 Å². The lowest BCUT2D eigenvalue weighted by Gasteiger charge is -2.28. The van der Waals surface area contributed by atoms with E-state index in [4.69, 9.17) is 4.74 Å². The number of nitrogens with one attached hydrogen (secondary N) is 3. The normalized spacial score (nSPS) is 17.4. The summed E-state index contributed by atoms with van der Waals surface area (Å²) in [5, 5.41) is 8.47. The molecular formula is C30H33F4N7O3. The fraction of sp³-hybridized carbons (Fsp3) is 0.400. The molecule has 0 aliphatic carbocycles. The number of carbonyl (C=O) groups excluding carboxylic acids is 2. The average Bonchev–Trinajstić information content (AvgIpc) is 3.23. The molecule has 0 radical (unpaired) electrons. The molecule has 2 aliphatic rings. The molecule has 3 heterocycles. The van der Waals surface area contributed by atoms with Crippen molar-refractivity contribution in [3.8, 4) is 5.75 Å². The zero-order valence-corrected chi connectivity index (χ0v) is 24.5. The maximum absolute atomic E-state index is 14.0. The summed E-state index contributed by atoms with van der Waals surface area (Å²) < 4.78 is 60.5. The molecule has 2 amide bonds. The predicted molar refractivity (Wildman–Crippen MR) is 157 cm³/mol. The summed E-state index contributed by atoms with van der Waals surface area (Å²) in [5.74, 6) is -1.12. The molecular weight excluding hydrogens is 582 g/mol. The number of rotatable bonds is 9. The van der Waals surface area contributed by atoms with Crippen molar-refractivity contribution in [1.82, 2.24) is 19.8 Å². The number of fused-ring (bicyclic) bond motifs is 1. The third-order valence-electron chi connectivity index (χ3n) is 7.97. The number of halogens is 4. The first kappa shape index (κ1) is 31.0. The number of alkyl halides is 4. The molecule has 2 aliphatic heterocycles. The number of nitrogens with zero attached hydrogens (tertiary/aromatic N) is 4. The lowest BCUT2D eigenvalue weighted by atomic mass is 9.96. The highest BCUT2D eigenvalue weighted by Crippen LogP contribution is 2.41. The van der Waals surface area contributed by atoms with Crippen molar-refractivity contribution in [2.45, 2.75) is 32.0 Å². The van der Waals surface area contributed by atoms with Gasteiger partial charge >= 0.3 is 6.18 Å². The Bertz CT molecular complexity index is 1540. The summed E-state index contributed by atoms with van der Waals surface area (Å²) >= 11 is 0. The van der Waals surface area contributed by atoms with E-state index in [0.717, 1.165) is 25.9 Å². The Morgan fingerprint density at radius 3 is 2.55 bits per heavy atom. The molecule has 1 fully saturated rings. The van der Waals surface area contributed by atoms with Crippen LogP contribution < -0.4 is 20.7 Å². The van der Waals surface area contributed by atoms with Gasteiger partial charge in [0.05, 0.1) is 30.1 Å². The molecule has 14 heteroatoms. The van der Waals surface area contributed by atoms with Crippen molar-refractivity contribution < 1.29 is 31.9 Å². The Morgan fingerprint density at radius 2 is 1.86 bits per heavy atom. The van der Waals surface area contributed by atoms with Gasteiger partial charge in [-0.05, 0) is 63.7 Å². The lowest BCUT2D eigenvalue weighted by Crippen LogP contribution is -2.35. The van der Waals surface area contributed by atoms with E-state index in [9.17, 15) is 27.2 Å². The van der Waals surface area contributed by atoms with Crippen LogP contribution in [0.2, 0.25) is 0 Å². The zero-order valence-electron chi connectivity index (χ0n) is 24.5. The van der Waals surface area contributed by atoms with Crippen molar-refractivity contribution in [1.29, 1.82) is 0 Å². The Hall–Kier alpha value is -4.46. The maximum atomic E-state index is 14.0. The minimum Gasteiger partial charge on any atom is -0.494 e. The molecule has 1 aromatic heterocycles. The van der Waals surface area contributed by atoms with E-state index >= 15 is 0 Å². The average molecular weight is 616 g/mol. The Morgan fingerprint density at radius 1 is 1.11 bits per heavy atom. The van der Waals surface area contributed by atoms with Crippen LogP contribution in [0.5, 0.6) is 5.75 Å². The number of hydrogen-bond donors (Lipinski definition) is 3. The highest BCUT2D eigenvalue weighted by molar-refractivity contribution is 6.04. The first-order chi connectivity index (χ1) is 21.0. The third kappa shape index (κ3) is 6.39. The summed E-state index contributed by atoms with van der Waals surface area (Å²) in [4.78, 5) is 37.3. The number of anilines is 5. The van der Waals surface area contributed by atoms with E-state index in [1.807, 2.05) is 7.05 Å². The van der Waals surface area contributed by atoms with Crippen LogP contribution in [0.15, 0.2) is 42.6 Å². The number of methoxy groups -OCH3 is 1. The van der Waals surface area contributed by atoms with Crippen LogP contribution in [0, 0.1) is 5.92 Å². The number of aromatic nitrogens is 2. The number of carbonyl (C=O) groups is 2. The maximum Gasteiger partial charge on any atom is 0.421 e. The Labute approximate surface area is 251 Å². The molecule has 44 heavy (non-hydrogen) atoms. The van der Waals surface area contributed by atoms with Gasteiger partial charge in [-0.15, -0.1) is 0 Å². The van der Waals surface area contributed by atoms with Gasteiger partial charge in [0, 0.05) is 30.4 Å². The second-order valence-electron chi connectivity index (χ2n) is 10.8. The minimum atomic E-state index is -4.80. The molecule has 1 saturated heterocycles. The van der Waals surface area contributed by atoms with Gasteiger partial charge in [0.25, 0.3) is 5.91 Å². The highest BCUT2D eigenvalue weighted by atomic mass is 19.4. The van der Waals surface area contributed by atoms with Crippen LogP contribution in [0.25, 0.3) is 0 Å². The summed E-state index contributed by atoms with van der Waals surface area (Å²) in [6.07, 6.45) is -2.64. The number of benzene rings is 2. The summed E-state index contributed by atoms with van der Waals surface area (Å²) in [6.45, 7) is 2.53. The van der Waals surface area contributed by atoms with Crippen LogP contribution in [0.1, 0.15) is 47.3 Å². The summed E-state index contributed by atoms with van der Waals surface area (Å²) in [5.41, 5.74) is 0.556. The molecule has 3 aromatic rings. The van der Waals surface area contributed by atoms with Gasteiger partial charge in [0.1, 0.15) is 23.8 Å². The standard InChI is InChI=1S/C30H33F4N7O3/c1-17-20-5-4-6-23(25(20)28(43)41(17)14-11-31)37-26-21(30(32,33)34)16-35-29(39-26)38-22-8-7-19(15-24(22)44-3)36-27(42)18-9-12-40(2)13-10-18/h4-8,15-18H,9-14H2,1-3H3,(H,36,42)(H2,35,37,38,39). The van der Waals surface area contributed by atoms with Gasteiger partial charge in [-0.3, -0.25) is 9.59 Å². The number of amides is 2. The lowest BCUT2D eigenvalue weighted by molar-refractivity contribution is -0.137. The number of hydrogen-bond acceptors (Lipinski definition) is 8. The summed E-state index contributed by atoms with van der Waals surface area (Å²) in [7, 11) is 3.44. The molecule has 3 N–H and O–H groups in total. The first-order valence-corrected chi connectivity index (χ1v) is 14.2. The molecule has 234 valence electrons. The molecule has 2 aromatic carbocycles. The van der Waals surface area contributed by atoms with E-state index in [-0.39, 0.29) is 35.6 Å². The molecule has 1 atom stereocenters. The van der Waals surface area contributed by atoms with Crippen molar-refractivity contribution in [3.63, 3.8) is 0 Å². The van der Waals surface area contributed by atoms with Crippen LogP contribution in [0.3, 0.4) is 0 Å². The van der Waals surface area contributed by atoms with Crippen molar-refractivity contribution in [3.05, 3.63) is 59.3 Å². The van der Waals surface area contributed by atoms with Gasteiger partial charge in [0.15, 0.2) is 0 Å². The quantitative estimate of drug-likeness (QED) is 0.261. The van der Waals surface area contributed by atoms with E-state index in [1.165, 1.54) is 18.1 Å². The highest BCUT2D eigenvalue weighted by Gasteiger charge is 2.38. The molecule has 1 unspecified atom stereocenters. The molecule has 0 spiro atoms. The largest absolute Gasteiger partial charge is 0.494 e. The molecule has 0 saturated carbocycles. The SMILES string of the molecule is COc1cc(NC(=O)C2CCN(C)CC2)ccc1Nc1ncc(C(F)(F)F)c(Nc2cccc3c2C(=O)N(CCF)C3C)n1. The number of piperidine rings is 1. The second kappa shape index (κ2) is 12.6. The Balaban J connectivity index is 1.40. The fourth-order valence-corrected chi connectivity index (χ4v) is 5.51. The monoisotopic (exact) mass is 615 g/mol. The van der Waals surface area contributed by atoms with Gasteiger partial charge in [-0.25, -0.2) is 9.37 Å². The molecule has 10 nitrogen and oxygen atoms in total. The minimum absolute atomic E-state index is 0.0873. The second-order valence-corrected chi connectivity index (χ2v) is 10.8. The third-order valence-corrected chi connectivity index (χ3v) is 7.97. The van der Waals surface area contributed by atoms with Crippen LogP contribution >= 0.6 is 0 Å². The van der Waals surface area contributed by atoms with Gasteiger partial charge < -0.3 is 30.5 Å². The number of likely N-dealkylation sites (tertiary alicyclic amines) is 1. The van der Waals surface area contributed by atoms with Gasteiger partial charge in [-0.2, -0.15) is 18.2 Å². The predicted octanol–water partition coefficient (Wildman–Crippen LogP) is 5.76. The first-order valence-electron chi connectivity index (χ1n) is 14.2. The Kier molecular flexibility index (Phi) is 8.90. The van der Waals surface area contributed by atoms with Crippen LogP contribution in [-0.4, -0.2) is 72.0 Å². The smallest absolute Gasteiger partial charge is 0.421 e.